The third-order valence-electron chi connectivity index (χ3n) is 10.1. The lowest BCUT2D eigenvalue weighted by molar-refractivity contribution is -0.141. The summed E-state index contributed by atoms with van der Waals surface area (Å²) in [5, 5.41) is 10.6. The highest BCUT2D eigenvalue weighted by Crippen LogP contribution is 2.50. The summed E-state index contributed by atoms with van der Waals surface area (Å²) in [6.45, 7) is 10.7. The first kappa shape index (κ1) is 42.5. The normalized spacial score (nSPS) is 16.4. The van der Waals surface area contributed by atoms with Crippen molar-refractivity contribution < 1.29 is 40.6 Å². The quantitative estimate of drug-likeness (QED) is 0.0985. The SMILES string of the molecule is C=C1C(C(=O)Nc2ccc(C(C)(F)F)cc2-c2ncnc(C(F)(F)F)c2C)=C(P)C2(CCCC2)N(C)N1Cc1ccc(OCCNCCOCC)c(P)c1F. The second kappa shape index (κ2) is 17.3. The predicted molar refractivity (Wildman–Crippen MR) is 206 cm³/mol. The van der Waals surface area contributed by atoms with Crippen LogP contribution in [0.5, 0.6) is 5.75 Å². The van der Waals surface area contributed by atoms with Gasteiger partial charge in [-0.25, -0.2) is 28.1 Å². The number of nitrogens with zero attached hydrogens (tertiary/aromatic N) is 4. The van der Waals surface area contributed by atoms with Gasteiger partial charge in [0.1, 0.15) is 24.5 Å². The summed E-state index contributed by atoms with van der Waals surface area (Å²) in [5.41, 5.74) is -2.50. The first-order valence-corrected chi connectivity index (χ1v) is 19.0. The van der Waals surface area contributed by atoms with Crippen molar-refractivity contribution in [3.05, 3.63) is 88.0 Å². The number of likely N-dealkylation sites (N-methyl/N-ethyl adjacent to an activating group) is 1. The molecule has 0 saturated heterocycles. The van der Waals surface area contributed by atoms with Crippen LogP contribution in [0.3, 0.4) is 0 Å². The van der Waals surface area contributed by atoms with E-state index in [1.165, 1.54) is 6.07 Å². The lowest BCUT2D eigenvalue weighted by Gasteiger charge is -2.52. The molecule has 1 saturated carbocycles. The van der Waals surface area contributed by atoms with E-state index in [0.29, 0.717) is 75.6 Å². The Morgan fingerprint density at radius 2 is 1.75 bits per heavy atom. The molecule has 9 nitrogen and oxygen atoms in total. The molecule has 2 heterocycles. The van der Waals surface area contributed by atoms with Crippen molar-refractivity contribution in [3.63, 3.8) is 0 Å². The summed E-state index contributed by atoms with van der Waals surface area (Å²) in [7, 11) is 6.93. The Morgan fingerprint density at radius 3 is 2.40 bits per heavy atom. The van der Waals surface area contributed by atoms with Gasteiger partial charge in [0.25, 0.3) is 11.8 Å². The number of hydrazine groups is 1. The standard InChI is InChI=1S/C38H46F6N6O3P2/c1-6-52-17-15-45-16-18-53-28-12-9-24(30(39)32(28)54)20-50-23(3)29(34(55)37(49(50)5)13-7-8-14-37)35(51)48-27-11-10-25(36(4,40)41)19-26(27)31-22(2)33(38(42,43)44)47-21-46-31/h9-12,19,21,45H,3,6-8,13-18,20,54-55H2,1-2,4-5H3,(H,48,51). The average molecular weight is 811 g/mol. The van der Waals surface area contributed by atoms with Crippen LogP contribution in [0.15, 0.2) is 59.8 Å². The molecule has 1 aromatic heterocycles. The zero-order chi connectivity index (χ0) is 40.3. The number of alkyl halides is 5. The maximum absolute atomic E-state index is 16.0. The molecule has 1 aliphatic heterocycles. The Balaban J connectivity index is 1.47. The first-order valence-electron chi connectivity index (χ1n) is 17.8. The van der Waals surface area contributed by atoms with Crippen LogP contribution in [0.1, 0.15) is 61.9 Å². The van der Waals surface area contributed by atoms with Crippen molar-refractivity contribution in [2.75, 3.05) is 45.3 Å². The van der Waals surface area contributed by atoms with Crippen molar-refractivity contribution in [2.45, 2.75) is 70.6 Å². The monoisotopic (exact) mass is 810 g/mol. The number of carbonyl (C=O) groups is 1. The van der Waals surface area contributed by atoms with Gasteiger partial charge < -0.3 is 25.1 Å². The minimum absolute atomic E-state index is 0.00415. The number of anilines is 1. The molecule has 0 bridgehead atoms. The Hall–Kier alpha value is -3.61. The molecule has 1 fully saturated rings. The van der Waals surface area contributed by atoms with E-state index >= 15 is 4.39 Å². The topological polar surface area (TPSA) is 91.9 Å². The van der Waals surface area contributed by atoms with E-state index < -0.39 is 46.2 Å². The Labute approximate surface area is 321 Å². The molecule has 2 N–H and O–H groups in total. The van der Waals surface area contributed by atoms with Gasteiger partial charge in [-0.05, 0) is 50.2 Å². The highest BCUT2D eigenvalue weighted by Gasteiger charge is 2.49. The van der Waals surface area contributed by atoms with Gasteiger partial charge in [-0.1, -0.05) is 40.8 Å². The molecule has 1 aliphatic carbocycles. The lowest BCUT2D eigenvalue weighted by atomic mass is 9.89. The van der Waals surface area contributed by atoms with E-state index in [0.717, 1.165) is 31.9 Å². The number of aromatic nitrogens is 2. The fourth-order valence-electron chi connectivity index (χ4n) is 7.10. The second-order valence-electron chi connectivity index (χ2n) is 13.6. The predicted octanol–water partition coefficient (Wildman–Crippen LogP) is 7.48. The largest absolute Gasteiger partial charge is 0.492 e. The fraction of sp³-hybridized carbons (Fsp3) is 0.447. The van der Waals surface area contributed by atoms with Crippen LogP contribution in [-0.4, -0.2) is 71.4 Å². The van der Waals surface area contributed by atoms with Crippen LogP contribution < -0.4 is 20.7 Å². The molecule has 17 heteroatoms. The Bertz CT molecular complexity index is 1950. The number of nitrogens with one attached hydrogen (secondary N) is 2. The summed E-state index contributed by atoms with van der Waals surface area (Å²) in [5.74, 6) is -4.16. The van der Waals surface area contributed by atoms with Crippen molar-refractivity contribution in [2.24, 2.45) is 0 Å². The first-order chi connectivity index (χ1) is 25.9. The van der Waals surface area contributed by atoms with Gasteiger partial charge in [-0.15, -0.1) is 9.24 Å². The van der Waals surface area contributed by atoms with Crippen molar-refractivity contribution in [1.29, 1.82) is 0 Å². The van der Waals surface area contributed by atoms with Crippen LogP contribution in [-0.2, 0) is 28.2 Å². The molecule has 2 atom stereocenters. The highest BCUT2D eigenvalue weighted by molar-refractivity contribution is 7.27. The van der Waals surface area contributed by atoms with Gasteiger partial charge >= 0.3 is 6.18 Å². The number of benzene rings is 2. The molecule has 0 radical (unpaired) electrons. The lowest BCUT2D eigenvalue weighted by Crippen LogP contribution is -2.57. The van der Waals surface area contributed by atoms with E-state index in [9.17, 15) is 26.7 Å². The molecule has 5 rings (SSSR count). The van der Waals surface area contributed by atoms with Gasteiger partial charge in [-0.2, -0.15) is 13.2 Å². The van der Waals surface area contributed by atoms with Crippen LogP contribution in [0.25, 0.3) is 11.3 Å². The summed E-state index contributed by atoms with van der Waals surface area (Å²) < 4.78 is 97.8. The molecular weight excluding hydrogens is 764 g/mol. The van der Waals surface area contributed by atoms with Gasteiger partial charge in [0.2, 0.25) is 0 Å². The fourth-order valence-corrected chi connectivity index (χ4v) is 8.24. The van der Waals surface area contributed by atoms with Crippen LogP contribution >= 0.6 is 18.5 Å². The van der Waals surface area contributed by atoms with E-state index in [1.807, 2.05) is 19.0 Å². The summed E-state index contributed by atoms with van der Waals surface area (Å²) in [6.07, 6.45) is -1.06. The zero-order valence-electron chi connectivity index (χ0n) is 31.2. The molecule has 298 valence electrons. The highest BCUT2D eigenvalue weighted by atomic mass is 31.0. The zero-order valence-corrected chi connectivity index (χ0v) is 33.5. The van der Waals surface area contributed by atoms with Crippen LogP contribution in [0, 0.1) is 12.7 Å². The average Bonchev–Trinajstić information content (AvgIpc) is 3.62. The minimum Gasteiger partial charge on any atom is -0.492 e. The molecule has 2 unspecified atom stereocenters. The molecule has 1 spiro atoms. The number of hydrogen-bond donors (Lipinski definition) is 2. The van der Waals surface area contributed by atoms with Crippen molar-refractivity contribution in [3.8, 4) is 17.0 Å². The van der Waals surface area contributed by atoms with Gasteiger partial charge in [0.15, 0.2) is 5.69 Å². The molecular formula is C38H46F6N6O3P2. The summed E-state index contributed by atoms with van der Waals surface area (Å²) in [6, 6.07) is 6.65. The molecule has 3 aromatic rings. The minimum atomic E-state index is -4.84. The van der Waals surface area contributed by atoms with E-state index in [2.05, 4.69) is 45.7 Å². The third-order valence-corrected chi connectivity index (χ3v) is 11.5. The second-order valence-corrected chi connectivity index (χ2v) is 14.8. The smallest absolute Gasteiger partial charge is 0.433 e. The van der Waals surface area contributed by atoms with Gasteiger partial charge in [-0.3, -0.25) is 4.79 Å². The number of ether oxygens (including phenoxy) is 2. The third kappa shape index (κ3) is 9.02. The van der Waals surface area contributed by atoms with Crippen molar-refractivity contribution in [1.82, 2.24) is 25.3 Å². The number of amides is 1. The Kier molecular flexibility index (Phi) is 13.3. The number of carbonyl (C=O) groups excluding carboxylic acids is 1. The van der Waals surface area contributed by atoms with Crippen LogP contribution in [0.2, 0.25) is 0 Å². The summed E-state index contributed by atoms with van der Waals surface area (Å²) >= 11 is 0. The Morgan fingerprint density at radius 1 is 1.05 bits per heavy atom. The number of hydrogen-bond acceptors (Lipinski definition) is 8. The number of halogens is 6. The molecule has 55 heavy (non-hydrogen) atoms. The maximum atomic E-state index is 16.0. The molecule has 1 amide bonds. The van der Waals surface area contributed by atoms with E-state index in [1.54, 1.807) is 17.1 Å². The van der Waals surface area contributed by atoms with Crippen LogP contribution in [0.4, 0.5) is 32.0 Å². The maximum Gasteiger partial charge on any atom is 0.433 e. The van der Waals surface area contributed by atoms with Gasteiger partial charge in [0.05, 0.1) is 41.3 Å². The summed E-state index contributed by atoms with van der Waals surface area (Å²) in [4.78, 5) is 21.8. The number of rotatable bonds is 14. The van der Waals surface area contributed by atoms with E-state index in [4.69, 9.17) is 9.47 Å². The van der Waals surface area contributed by atoms with E-state index in [-0.39, 0.29) is 40.1 Å². The molecule has 2 aromatic carbocycles. The van der Waals surface area contributed by atoms with Crippen molar-refractivity contribution >= 4 is 35.4 Å². The van der Waals surface area contributed by atoms with Gasteiger partial charge in [0, 0.05) is 61.2 Å². The molecule has 2 aliphatic rings.